The SMILES string of the molecule is CCCOc1cc(F)ccc1CC(=O)c1c[nH]c2c(C)c(F)ccc12. The number of aryl methyl sites for hydroxylation is 1. The zero-order valence-corrected chi connectivity index (χ0v) is 14.2. The molecule has 130 valence electrons. The van der Waals surface area contributed by atoms with E-state index < -0.39 is 5.82 Å². The number of aromatic amines is 1. The normalized spacial score (nSPS) is 11.0. The van der Waals surface area contributed by atoms with Gasteiger partial charge in [-0.05, 0) is 31.5 Å². The molecule has 0 aliphatic heterocycles. The molecular weight excluding hydrogens is 324 g/mol. The first-order valence-electron chi connectivity index (χ1n) is 8.22. The van der Waals surface area contributed by atoms with Gasteiger partial charge in [0.25, 0.3) is 0 Å². The van der Waals surface area contributed by atoms with Crippen LogP contribution in [-0.4, -0.2) is 17.4 Å². The number of rotatable bonds is 6. The molecule has 1 heterocycles. The number of ketones is 1. The molecule has 1 N–H and O–H groups in total. The van der Waals surface area contributed by atoms with E-state index in [1.54, 1.807) is 25.3 Å². The van der Waals surface area contributed by atoms with Gasteiger partial charge in [0.15, 0.2) is 5.78 Å². The van der Waals surface area contributed by atoms with E-state index in [4.69, 9.17) is 4.74 Å². The Morgan fingerprint density at radius 3 is 2.76 bits per heavy atom. The lowest BCUT2D eigenvalue weighted by molar-refractivity contribution is 0.0993. The molecule has 0 aliphatic carbocycles. The van der Waals surface area contributed by atoms with Crippen LogP contribution in [0.15, 0.2) is 36.5 Å². The van der Waals surface area contributed by atoms with Crippen molar-refractivity contribution in [1.29, 1.82) is 0 Å². The van der Waals surface area contributed by atoms with Gasteiger partial charge in [-0.2, -0.15) is 0 Å². The quantitative estimate of drug-likeness (QED) is 0.642. The third-order valence-electron chi connectivity index (χ3n) is 4.19. The van der Waals surface area contributed by atoms with Crippen LogP contribution in [0.25, 0.3) is 10.9 Å². The van der Waals surface area contributed by atoms with E-state index in [-0.39, 0.29) is 18.0 Å². The number of ether oxygens (including phenoxy) is 1. The molecule has 0 unspecified atom stereocenters. The first-order chi connectivity index (χ1) is 12.0. The number of carbonyl (C=O) groups is 1. The maximum Gasteiger partial charge on any atom is 0.169 e. The Bertz CT molecular complexity index is 931. The second kappa shape index (κ2) is 7.05. The number of hydrogen-bond acceptors (Lipinski definition) is 2. The van der Waals surface area contributed by atoms with Crippen molar-refractivity contribution in [1.82, 2.24) is 4.98 Å². The summed E-state index contributed by atoms with van der Waals surface area (Å²) in [6.07, 6.45) is 2.47. The van der Waals surface area contributed by atoms with Gasteiger partial charge in [-0.25, -0.2) is 8.78 Å². The molecule has 3 aromatic rings. The van der Waals surface area contributed by atoms with Gasteiger partial charge in [0.05, 0.1) is 12.1 Å². The van der Waals surface area contributed by atoms with Crippen LogP contribution >= 0.6 is 0 Å². The van der Waals surface area contributed by atoms with Crippen molar-refractivity contribution < 1.29 is 18.3 Å². The molecule has 0 spiro atoms. The van der Waals surface area contributed by atoms with Gasteiger partial charge in [-0.3, -0.25) is 4.79 Å². The summed E-state index contributed by atoms with van der Waals surface area (Å²) in [6.45, 7) is 4.08. The third-order valence-corrected chi connectivity index (χ3v) is 4.19. The van der Waals surface area contributed by atoms with Gasteiger partial charge in [-0.1, -0.05) is 13.0 Å². The maximum atomic E-state index is 13.7. The predicted octanol–water partition coefficient (Wildman–Crippen LogP) is 4.97. The van der Waals surface area contributed by atoms with Crippen molar-refractivity contribution in [3.8, 4) is 5.75 Å². The molecule has 5 heteroatoms. The largest absolute Gasteiger partial charge is 0.493 e. The molecule has 25 heavy (non-hydrogen) atoms. The van der Waals surface area contributed by atoms with E-state index in [1.165, 1.54) is 18.2 Å². The number of Topliss-reactive ketones (excluding diaryl/α,β-unsaturated/α-hetero) is 1. The van der Waals surface area contributed by atoms with Crippen LogP contribution in [0, 0.1) is 18.6 Å². The molecule has 1 aromatic heterocycles. The first kappa shape index (κ1) is 17.1. The van der Waals surface area contributed by atoms with Crippen molar-refractivity contribution in [3.63, 3.8) is 0 Å². The summed E-state index contributed by atoms with van der Waals surface area (Å²) >= 11 is 0. The molecule has 0 atom stereocenters. The van der Waals surface area contributed by atoms with E-state index in [2.05, 4.69) is 4.98 Å². The predicted molar refractivity (Wildman–Crippen MR) is 93.2 cm³/mol. The van der Waals surface area contributed by atoms with Crippen LogP contribution in [0.3, 0.4) is 0 Å². The number of halogens is 2. The lowest BCUT2D eigenvalue weighted by atomic mass is 10.0. The van der Waals surface area contributed by atoms with E-state index in [1.807, 2.05) is 6.92 Å². The Morgan fingerprint density at radius 2 is 2.00 bits per heavy atom. The maximum absolute atomic E-state index is 13.7. The van der Waals surface area contributed by atoms with Crippen LogP contribution < -0.4 is 4.74 Å². The molecule has 0 fully saturated rings. The van der Waals surface area contributed by atoms with Crippen LogP contribution in [0.1, 0.15) is 34.8 Å². The summed E-state index contributed by atoms with van der Waals surface area (Å²) in [4.78, 5) is 15.7. The van der Waals surface area contributed by atoms with Gasteiger partial charge in [0.1, 0.15) is 17.4 Å². The molecule has 2 aromatic carbocycles. The highest BCUT2D eigenvalue weighted by molar-refractivity contribution is 6.09. The third kappa shape index (κ3) is 3.40. The summed E-state index contributed by atoms with van der Waals surface area (Å²) < 4.78 is 32.7. The Morgan fingerprint density at radius 1 is 1.20 bits per heavy atom. The Hall–Kier alpha value is -2.69. The van der Waals surface area contributed by atoms with Gasteiger partial charge in [0.2, 0.25) is 0 Å². The molecule has 0 aliphatic rings. The summed E-state index contributed by atoms with van der Waals surface area (Å²) in [7, 11) is 0. The fourth-order valence-corrected chi connectivity index (χ4v) is 2.84. The Balaban J connectivity index is 1.92. The molecule has 3 rings (SSSR count). The number of aromatic nitrogens is 1. The van der Waals surface area contributed by atoms with Crippen LogP contribution in [-0.2, 0) is 6.42 Å². The average Bonchev–Trinajstić information content (AvgIpc) is 3.03. The van der Waals surface area contributed by atoms with Crippen molar-refractivity contribution in [2.75, 3.05) is 6.61 Å². The Kier molecular flexibility index (Phi) is 4.83. The smallest absolute Gasteiger partial charge is 0.169 e. The standard InChI is InChI=1S/C20H19F2NO2/c1-3-8-25-19-10-14(21)5-4-13(19)9-18(24)16-11-23-20-12(2)17(22)7-6-15(16)20/h4-7,10-11,23H,3,8-9H2,1-2H3. The fourth-order valence-electron chi connectivity index (χ4n) is 2.84. The van der Waals surface area contributed by atoms with E-state index in [0.717, 1.165) is 6.42 Å². The van der Waals surface area contributed by atoms with Gasteiger partial charge in [-0.15, -0.1) is 0 Å². The van der Waals surface area contributed by atoms with Gasteiger partial charge < -0.3 is 9.72 Å². The molecule has 0 saturated heterocycles. The highest BCUT2D eigenvalue weighted by Crippen LogP contribution is 2.27. The molecule has 0 saturated carbocycles. The summed E-state index contributed by atoms with van der Waals surface area (Å²) in [6, 6.07) is 7.14. The first-order valence-corrected chi connectivity index (χ1v) is 8.22. The summed E-state index contributed by atoms with van der Waals surface area (Å²) in [5.74, 6) is -0.467. The lowest BCUT2D eigenvalue weighted by Gasteiger charge is -2.10. The van der Waals surface area contributed by atoms with Crippen molar-refractivity contribution >= 4 is 16.7 Å². The second-order valence-corrected chi connectivity index (χ2v) is 6.00. The number of fused-ring (bicyclic) bond motifs is 1. The molecule has 0 amide bonds. The van der Waals surface area contributed by atoms with Crippen LogP contribution in [0.2, 0.25) is 0 Å². The van der Waals surface area contributed by atoms with Crippen molar-refractivity contribution in [2.24, 2.45) is 0 Å². The van der Waals surface area contributed by atoms with Crippen molar-refractivity contribution in [3.05, 3.63) is 64.9 Å². The van der Waals surface area contributed by atoms with Crippen LogP contribution in [0.5, 0.6) is 5.75 Å². The number of hydrogen-bond donors (Lipinski definition) is 1. The molecule has 3 nitrogen and oxygen atoms in total. The minimum absolute atomic E-state index is 0.0860. The number of nitrogens with one attached hydrogen (secondary N) is 1. The Labute approximate surface area is 144 Å². The van der Waals surface area contributed by atoms with Crippen LogP contribution in [0.4, 0.5) is 8.78 Å². The molecule has 0 bridgehead atoms. The minimum Gasteiger partial charge on any atom is -0.493 e. The number of H-pyrrole nitrogens is 1. The molecule has 0 radical (unpaired) electrons. The fraction of sp³-hybridized carbons (Fsp3) is 0.250. The highest BCUT2D eigenvalue weighted by atomic mass is 19.1. The highest BCUT2D eigenvalue weighted by Gasteiger charge is 2.17. The zero-order valence-electron chi connectivity index (χ0n) is 14.2. The number of benzene rings is 2. The summed E-state index contributed by atoms with van der Waals surface area (Å²) in [5, 5.41) is 0.682. The van der Waals surface area contributed by atoms with Gasteiger partial charge >= 0.3 is 0 Å². The molecular formula is C20H19F2NO2. The van der Waals surface area contributed by atoms with Crippen molar-refractivity contribution in [2.45, 2.75) is 26.7 Å². The summed E-state index contributed by atoms with van der Waals surface area (Å²) in [5.41, 5.74) is 2.21. The number of carbonyl (C=O) groups excluding carboxylic acids is 1. The van der Waals surface area contributed by atoms with E-state index in [0.29, 0.717) is 39.9 Å². The minimum atomic E-state index is -0.402. The van der Waals surface area contributed by atoms with Gasteiger partial charge in [0, 0.05) is 40.8 Å². The lowest BCUT2D eigenvalue weighted by Crippen LogP contribution is -2.06. The van der Waals surface area contributed by atoms with E-state index in [9.17, 15) is 13.6 Å². The second-order valence-electron chi connectivity index (χ2n) is 6.00. The van der Waals surface area contributed by atoms with E-state index >= 15 is 0 Å². The topological polar surface area (TPSA) is 42.1 Å². The zero-order chi connectivity index (χ0) is 18.0. The average molecular weight is 343 g/mol. The monoisotopic (exact) mass is 343 g/mol.